The summed E-state index contributed by atoms with van der Waals surface area (Å²) >= 11 is 6.49. The van der Waals surface area contributed by atoms with Crippen LogP contribution in [0.15, 0.2) is 36.4 Å². The fourth-order valence-corrected chi connectivity index (χ4v) is 7.39. The molecule has 1 aromatic heterocycles. The molecule has 3 heterocycles. The molecule has 2 aliphatic carbocycles. The fraction of sp³-hybridized carbons (Fsp3) is 0.571. The summed E-state index contributed by atoms with van der Waals surface area (Å²) in [5.74, 6) is -1.86. The molecule has 1 aromatic carbocycles. The Labute approximate surface area is 279 Å². The van der Waals surface area contributed by atoms with E-state index in [1.165, 1.54) is 4.90 Å². The maximum atomic E-state index is 14.3. The van der Waals surface area contributed by atoms with Gasteiger partial charge in [0.05, 0.1) is 17.1 Å². The summed E-state index contributed by atoms with van der Waals surface area (Å²) in [5.41, 5.74) is -0.0342. The van der Waals surface area contributed by atoms with Gasteiger partial charge in [0.2, 0.25) is 11.8 Å². The van der Waals surface area contributed by atoms with Crippen LogP contribution in [0.3, 0.4) is 0 Å². The molecule has 0 unspecified atom stereocenters. The fourth-order valence-electron chi connectivity index (χ4n) is 7.17. The Morgan fingerprint density at radius 1 is 1.13 bits per heavy atom. The highest BCUT2D eigenvalue weighted by molar-refractivity contribution is 6.35. The molecule has 11 nitrogen and oxygen atoms in total. The SMILES string of the molecule is CCc1cc(O[C@@H]2C[C@H]3C(=O)N[C@]4(C(=O)O)C[C@@H]4/C=C\CCCCC[C@H](NC(=O)OC4CCCC4)C(=O)N3C2)c2cccc(Cl)c2n1. The number of carboxylic acids is 1. The first-order valence-electron chi connectivity index (χ1n) is 16.9. The Kier molecular flexibility index (Phi) is 9.91. The highest BCUT2D eigenvalue weighted by Crippen LogP contribution is 2.45. The number of hydrogen-bond acceptors (Lipinski definition) is 7. The number of benzene rings is 1. The minimum Gasteiger partial charge on any atom is -0.488 e. The van der Waals surface area contributed by atoms with E-state index in [0.29, 0.717) is 40.9 Å². The molecule has 6 rings (SSSR count). The maximum absolute atomic E-state index is 14.3. The summed E-state index contributed by atoms with van der Waals surface area (Å²) in [6, 6.07) is 5.37. The van der Waals surface area contributed by atoms with Crippen LogP contribution >= 0.6 is 11.6 Å². The number of nitrogens with zero attached hydrogens (tertiary/aromatic N) is 2. The van der Waals surface area contributed by atoms with E-state index in [1.807, 2.05) is 37.3 Å². The zero-order valence-electron chi connectivity index (χ0n) is 26.7. The summed E-state index contributed by atoms with van der Waals surface area (Å²) in [4.78, 5) is 59.8. The average Bonchev–Trinajstić information content (AvgIpc) is 3.33. The molecular formula is C35H43ClN4O7. The summed E-state index contributed by atoms with van der Waals surface area (Å²) in [5, 5.41) is 16.9. The second-order valence-corrected chi connectivity index (χ2v) is 13.6. The molecule has 2 aromatic rings. The lowest BCUT2D eigenvalue weighted by molar-refractivity contribution is -0.145. The van der Waals surface area contributed by atoms with Crippen molar-refractivity contribution in [2.24, 2.45) is 5.92 Å². The molecule has 3 fully saturated rings. The molecule has 0 spiro atoms. The third kappa shape index (κ3) is 7.20. The van der Waals surface area contributed by atoms with Crippen LogP contribution in [0.2, 0.25) is 5.02 Å². The Morgan fingerprint density at radius 2 is 1.91 bits per heavy atom. The zero-order valence-corrected chi connectivity index (χ0v) is 27.5. The molecule has 3 amide bonds. The van der Waals surface area contributed by atoms with Gasteiger partial charge in [-0.2, -0.15) is 0 Å². The van der Waals surface area contributed by atoms with E-state index in [0.717, 1.165) is 50.6 Å². The molecular weight excluding hydrogens is 624 g/mol. The standard InChI is InChI=1S/C35H43ClN4O7/c1-2-22-17-29(25-14-10-15-26(36)30(25)37-22)46-24-18-28-31(41)39-35(33(43)44)19-21(35)11-6-4-3-5-7-16-27(32(42)40(28)20-24)38-34(45)47-23-12-8-9-13-23/h6,10-11,14-15,17,21,23-24,27-28H,2-5,7-9,12-13,16,18-20H2,1H3,(H,38,45)(H,39,41)(H,43,44)/b11-6-/t21-,24+,27-,28-,35+/m0/s1. The first kappa shape index (κ1) is 33.1. The van der Waals surface area contributed by atoms with Gasteiger partial charge in [-0.05, 0) is 69.9 Å². The number of fused-ring (bicyclic) bond motifs is 3. The molecule has 0 bridgehead atoms. The Hall–Kier alpha value is -3.86. The predicted molar refractivity (Wildman–Crippen MR) is 175 cm³/mol. The molecule has 47 heavy (non-hydrogen) atoms. The Balaban J connectivity index is 1.29. The first-order valence-corrected chi connectivity index (χ1v) is 17.3. The van der Waals surface area contributed by atoms with Gasteiger partial charge in [-0.15, -0.1) is 0 Å². The van der Waals surface area contributed by atoms with Crippen molar-refractivity contribution < 1.29 is 33.8 Å². The summed E-state index contributed by atoms with van der Waals surface area (Å²) in [7, 11) is 0. The van der Waals surface area contributed by atoms with Crippen LogP contribution in [-0.4, -0.2) is 75.2 Å². The van der Waals surface area contributed by atoms with Gasteiger partial charge in [-0.25, -0.2) is 9.59 Å². The van der Waals surface area contributed by atoms with Crippen molar-refractivity contribution in [1.29, 1.82) is 0 Å². The number of pyridine rings is 1. The van der Waals surface area contributed by atoms with E-state index in [1.54, 1.807) is 6.07 Å². The molecule has 12 heteroatoms. The number of carbonyl (C=O) groups is 4. The number of carboxylic acid groups (broad SMARTS) is 1. The first-order chi connectivity index (χ1) is 22.7. The van der Waals surface area contributed by atoms with E-state index in [2.05, 4.69) is 15.6 Å². The highest BCUT2D eigenvalue weighted by Gasteiger charge is 2.61. The molecule has 0 radical (unpaired) electrons. The second-order valence-electron chi connectivity index (χ2n) is 13.2. The summed E-state index contributed by atoms with van der Waals surface area (Å²) in [6.07, 6.45) is 10.6. The number of amides is 3. The van der Waals surface area contributed by atoms with Crippen LogP contribution in [0.5, 0.6) is 5.75 Å². The number of allylic oxidation sites excluding steroid dienone is 1. The lowest BCUT2D eigenvalue weighted by atomic mass is 10.0. The lowest BCUT2D eigenvalue weighted by Gasteiger charge is -2.29. The van der Waals surface area contributed by atoms with Gasteiger partial charge in [-0.3, -0.25) is 14.6 Å². The third-order valence-corrected chi connectivity index (χ3v) is 10.3. The minimum absolute atomic E-state index is 0.0714. The van der Waals surface area contributed by atoms with Crippen LogP contribution in [0, 0.1) is 5.92 Å². The van der Waals surface area contributed by atoms with Gasteiger partial charge in [0.25, 0.3) is 0 Å². The number of aromatic nitrogens is 1. The van der Waals surface area contributed by atoms with Gasteiger partial charge < -0.3 is 30.1 Å². The largest absolute Gasteiger partial charge is 0.488 e. The summed E-state index contributed by atoms with van der Waals surface area (Å²) < 4.78 is 12.2. The summed E-state index contributed by atoms with van der Waals surface area (Å²) in [6.45, 7) is 2.05. The maximum Gasteiger partial charge on any atom is 0.408 e. The van der Waals surface area contributed by atoms with Crippen LogP contribution in [0.4, 0.5) is 4.79 Å². The lowest BCUT2D eigenvalue weighted by Crippen LogP contribution is -2.56. The minimum atomic E-state index is -1.42. The number of aliphatic carboxylic acids is 1. The number of aryl methyl sites for hydroxylation is 1. The van der Waals surface area contributed by atoms with Crippen molar-refractivity contribution in [3.05, 3.63) is 47.1 Å². The molecule has 5 atom stereocenters. The van der Waals surface area contributed by atoms with Gasteiger partial charge in [0.15, 0.2) is 0 Å². The van der Waals surface area contributed by atoms with Crippen molar-refractivity contribution in [3.63, 3.8) is 0 Å². The monoisotopic (exact) mass is 666 g/mol. The van der Waals surface area contributed by atoms with Crippen molar-refractivity contribution in [3.8, 4) is 5.75 Å². The highest BCUT2D eigenvalue weighted by atomic mass is 35.5. The van der Waals surface area contributed by atoms with E-state index < -0.39 is 47.6 Å². The Morgan fingerprint density at radius 3 is 2.68 bits per heavy atom. The number of carbonyl (C=O) groups excluding carboxylic acids is 3. The molecule has 252 valence electrons. The van der Waals surface area contributed by atoms with Gasteiger partial charge in [0.1, 0.15) is 35.6 Å². The van der Waals surface area contributed by atoms with Crippen LogP contribution in [0.1, 0.15) is 83.2 Å². The molecule has 4 aliphatic rings. The van der Waals surface area contributed by atoms with E-state index >= 15 is 0 Å². The van der Waals surface area contributed by atoms with E-state index in [-0.39, 0.29) is 31.4 Å². The Bertz CT molecular complexity index is 1560. The quantitative estimate of drug-likeness (QED) is 0.351. The van der Waals surface area contributed by atoms with Crippen LogP contribution in [0.25, 0.3) is 10.9 Å². The number of halogens is 1. The third-order valence-electron chi connectivity index (χ3n) is 9.95. The van der Waals surface area contributed by atoms with E-state index in [9.17, 15) is 24.3 Å². The number of ether oxygens (including phenoxy) is 2. The van der Waals surface area contributed by atoms with Crippen molar-refractivity contribution in [2.75, 3.05) is 6.54 Å². The van der Waals surface area contributed by atoms with Gasteiger partial charge in [-0.1, -0.05) is 49.6 Å². The normalized spacial score (nSPS) is 29.2. The second kappa shape index (κ2) is 14.1. The topological polar surface area (TPSA) is 147 Å². The number of alkyl carbamates (subject to hydrolysis) is 1. The van der Waals surface area contributed by atoms with Crippen LogP contribution < -0.4 is 15.4 Å². The average molecular weight is 667 g/mol. The van der Waals surface area contributed by atoms with Crippen molar-refractivity contribution in [1.82, 2.24) is 20.5 Å². The van der Waals surface area contributed by atoms with Crippen LogP contribution in [-0.2, 0) is 25.5 Å². The molecule has 2 aliphatic heterocycles. The van der Waals surface area contributed by atoms with Crippen molar-refractivity contribution >= 4 is 46.4 Å². The number of para-hydroxylation sites is 1. The molecule has 1 saturated heterocycles. The van der Waals surface area contributed by atoms with Gasteiger partial charge in [0, 0.05) is 29.5 Å². The van der Waals surface area contributed by atoms with Gasteiger partial charge >= 0.3 is 12.1 Å². The zero-order chi connectivity index (χ0) is 33.1. The number of rotatable bonds is 6. The van der Waals surface area contributed by atoms with E-state index in [4.69, 9.17) is 21.1 Å². The molecule has 2 saturated carbocycles. The molecule has 3 N–H and O–H groups in total. The number of nitrogens with one attached hydrogen (secondary N) is 2. The predicted octanol–water partition coefficient (Wildman–Crippen LogP) is 5.32. The number of hydrogen-bond donors (Lipinski definition) is 3. The van der Waals surface area contributed by atoms with Crippen molar-refractivity contribution in [2.45, 2.75) is 114 Å². The smallest absolute Gasteiger partial charge is 0.408 e.